The fourth-order valence-electron chi connectivity index (χ4n) is 8.05. The van der Waals surface area contributed by atoms with Crippen LogP contribution in [0.25, 0.3) is 0 Å². The van der Waals surface area contributed by atoms with Gasteiger partial charge in [0.2, 0.25) is 53.2 Å². The number of nitrogens with one attached hydrogen (secondary N) is 8. The number of unbranched alkanes of at least 4 members (excludes halogenated alkanes) is 2. The molecule has 0 heterocycles. The molecule has 462 valence electrons. The van der Waals surface area contributed by atoms with Gasteiger partial charge in [-0.3, -0.25) is 57.9 Å². The lowest BCUT2D eigenvalue weighted by Gasteiger charge is -2.30. The van der Waals surface area contributed by atoms with Crippen LogP contribution in [-0.2, 0) is 52.7 Å². The maximum absolute atomic E-state index is 14.3. The molecular formula is C51H95N17O13. The minimum Gasteiger partial charge on any atom is -0.481 e. The fraction of sp³-hybridized carbons (Fsp3) is 0.745. The highest BCUT2D eigenvalue weighted by atomic mass is 16.4. The second kappa shape index (κ2) is 39.9. The number of aliphatic carboxylic acids is 2. The number of hydrogen-bond donors (Lipinski definition) is 17. The molecule has 30 nitrogen and oxygen atoms in total. The molecule has 0 aromatic heterocycles. The van der Waals surface area contributed by atoms with Crippen molar-refractivity contribution in [2.24, 2.45) is 67.9 Å². The van der Waals surface area contributed by atoms with Crippen LogP contribution in [0.5, 0.6) is 0 Å². The van der Waals surface area contributed by atoms with E-state index in [4.69, 9.17) is 40.1 Å². The third-order valence-electron chi connectivity index (χ3n) is 12.7. The van der Waals surface area contributed by atoms with Gasteiger partial charge in [0.05, 0.1) is 12.5 Å². The number of nitrogens with two attached hydrogens (primary N) is 7. The Hall–Kier alpha value is -7.37. The monoisotopic (exact) mass is 1150 g/mol. The topological polar surface area (TPSA) is 531 Å². The molecule has 10 atom stereocenters. The van der Waals surface area contributed by atoms with Crippen molar-refractivity contribution in [3.63, 3.8) is 0 Å². The number of primary amides is 1. The summed E-state index contributed by atoms with van der Waals surface area (Å²) in [7, 11) is 0. The molecule has 0 aliphatic heterocycles. The Kier molecular flexibility index (Phi) is 36.3. The summed E-state index contributed by atoms with van der Waals surface area (Å²) < 4.78 is 0. The Morgan fingerprint density at radius 2 is 0.864 bits per heavy atom. The second-order valence-electron chi connectivity index (χ2n) is 20.9. The van der Waals surface area contributed by atoms with E-state index in [9.17, 15) is 63.0 Å². The van der Waals surface area contributed by atoms with Crippen LogP contribution in [-0.4, -0.2) is 161 Å². The molecule has 0 fully saturated rings. The third-order valence-corrected chi connectivity index (χ3v) is 12.7. The van der Waals surface area contributed by atoms with Gasteiger partial charge in [-0.25, -0.2) is 4.79 Å². The molecule has 0 saturated heterocycles. The van der Waals surface area contributed by atoms with Crippen molar-refractivity contribution in [3.05, 3.63) is 0 Å². The number of carboxylic acid groups (broad SMARTS) is 2. The molecule has 9 amide bonds. The lowest BCUT2D eigenvalue weighted by atomic mass is 9.96. The molecular weight excluding hydrogens is 1060 g/mol. The summed E-state index contributed by atoms with van der Waals surface area (Å²) in [6, 6.07) is -12.5. The molecule has 0 aromatic carbocycles. The van der Waals surface area contributed by atoms with Gasteiger partial charge in [-0.05, 0) is 94.9 Å². The highest BCUT2D eigenvalue weighted by molar-refractivity contribution is 5.99. The molecule has 0 unspecified atom stereocenters. The van der Waals surface area contributed by atoms with Crippen LogP contribution in [0.3, 0.4) is 0 Å². The SMILES string of the molecule is CCCC[C@H](NC(=O)[C@@H](NC(=O)[C@H](CC(=O)O)NC(=O)[C@H](CCC(N)=O)NC(=O)[C@H](CC(C)C)NC(=O)[C@H](CC(C)C)NC(=O)[C@@H](N)CCCN)[C@@H](C)CC)C(=O)N[C@H](CCCN=C(N)N)C(=O)N[C@@H](CCCCN=C(N)N)C(=O)O. The van der Waals surface area contributed by atoms with Gasteiger partial charge in [-0.15, -0.1) is 0 Å². The number of carbonyl (C=O) groups is 11. The van der Waals surface area contributed by atoms with Gasteiger partial charge in [0.15, 0.2) is 11.9 Å². The zero-order valence-electron chi connectivity index (χ0n) is 48.2. The average molecular weight is 1150 g/mol. The van der Waals surface area contributed by atoms with E-state index in [1.54, 1.807) is 27.7 Å². The zero-order chi connectivity index (χ0) is 61.9. The highest BCUT2D eigenvalue weighted by Gasteiger charge is 2.37. The smallest absolute Gasteiger partial charge is 0.326 e. The third kappa shape index (κ3) is 31.9. The van der Waals surface area contributed by atoms with Gasteiger partial charge >= 0.3 is 11.9 Å². The molecule has 0 aliphatic rings. The van der Waals surface area contributed by atoms with Crippen molar-refractivity contribution in [2.45, 2.75) is 206 Å². The van der Waals surface area contributed by atoms with E-state index >= 15 is 0 Å². The molecule has 0 spiro atoms. The summed E-state index contributed by atoms with van der Waals surface area (Å²) in [6.07, 6.45) is 0.957. The molecule has 0 rings (SSSR count). The number of rotatable bonds is 43. The first kappa shape index (κ1) is 73.6. The number of carbonyl (C=O) groups excluding carboxylic acids is 9. The van der Waals surface area contributed by atoms with E-state index in [1.165, 1.54) is 0 Å². The number of hydrogen-bond acceptors (Lipinski definition) is 15. The lowest BCUT2D eigenvalue weighted by Crippen LogP contribution is -2.61. The summed E-state index contributed by atoms with van der Waals surface area (Å²) in [4.78, 5) is 155. The van der Waals surface area contributed by atoms with Crippen molar-refractivity contribution < 1.29 is 63.0 Å². The van der Waals surface area contributed by atoms with E-state index < -0.39 is 145 Å². The first-order valence-electron chi connectivity index (χ1n) is 27.7. The lowest BCUT2D eigenvalue weighted by molar-refractivity contribution is -0.143. The first-order chi connectivity index (χ1) is 38.0. The maximum Gasteiger partial charge on any atom is 0.326 e. The van der Waals surface area contributed by atoms with E-state index in [0.29, 0.717) is 38.6 Å². The number of carboxylic acids is 2. The first-order valence-corrected chi connectivity index (χ1v) is 27.7. The Labute approximate surface area is 474 Å². The molecule has 81 heavy (non-hydrogen) atoms. The fourth-order valence-corrected chi connectivity index (χ4v) is 8.05. The molecule has 0 radical (unpaired) electrons. The van der Waals surface area contributed by atoms with Crippen molar-refractivity contribution in [1.29, 1.82) is 0 Å². The normalized spacial score (nSPS) is 14.8. The van der Waals surface area contributed by atoms with Crippen LogP contribution in [0.4, 0.5) is 0 Å². The van der Waals surface area contributed by atoms with E-state index in [0.717, 1.165) is 0 Å². The number of aliphatic imine (C=N–C) groups is 2. The number of guanidine groups is 2. The zero-order valence-corrected chi connectivity index (χ0v) is 48.2. The second-order valence-corrected chi connectivity index (χ2v) is 20.9. The van der Waals surface area contributed by atoms with Gasteiger partial charge in [-0.1, -0.05) is 67.7 Å². The van der Waals surface area contributed by atoms with Crippen LogP contribution in [0.15, 0.2) is 9.98 Å². The summed E-state index contributed by atoms with van der Waals surface area (Å²) >= 11 is 0. The van der Waals surface area contributed by atoms with Crippen LogP contribution >= 0.6 is 0 Å². The quantitative estimate of drug-likeness (QED) is 0.0161. The van der Waals surface area contributed by atoms with Crippen LogP contribution < -0.4 is 82.7 Å². The Balaban J connectivity index is 6.84. The van der Waals surface area contributed by atoms with E-state index in [-0.39, 0.29) is 88.2 Å². The standard InChI is InChI=1S/C51H95N17O13/c1-8-10-16-31(42(73)61-32(18-14-23-60-51(57)58)43(74)64-34(49(80)81)17-11-12-22-59-50(55)56)63-48(79)40(29(7)9-2)68-47(78)37(26-39(70)71)67-44(75)33(19-20-38(54)69)62-45(76)36(25-28(5)6)66-46(77)35(24-27(3)4)65-41(72)30(53)15-13-21-52/h27-37,40H,8-26,52-53H2,1-7H3,(H2,54,69)(H,61,73)(H,62,76)(H,63,79)(H,64,74)(H,65,72)(H,66,77)(H,67,75)(H,68,78)(H,70,71)(H,80,81)(H4,55,56,59)(H4,57,58,60)/t29-,30-,31-,32+,33-,34-,35-,36-,37-,40-/m0/s1. The van der Waals surface area contributed by atoms with Crippen LogP contribution in [0.2, 0.25) is 0 Å². The molecule has 24 N–H and O–H groups in total. The minimum atomic E-state index is -1.91. The minimum absolute atomic E-state index is 0.00625. The summed E-state index contributed by atoms with van der Waals surface area (Å²) in [6.45, 7) is 12.8. The predicted octanol–water partition coefficient (Wildman–Crippen LogP) is -3.42. The van der Waals surface area contributed by atoms with Crippen molar-refractivity contribution in [3.8, 4) is 0 Å². The van der Waals surface area contributed by atoms with Crippen molar-refractivity contribution >= 4 is 77.0 Å². The molecule has 0 bridgehead atoms. The molecule has 30 heteroatoms. The van der Waals surface area contributed by atoms with Crippen molar-refractivity contribution in [1.82, 2.24) is 42.5 Å². The van der Waals surface area contributed by atoms with E-state index in [2.05, 4.69) is 52.5 Å². The number of amides is 9. The van der Waals surface area contributed by atoms with E-state index in [1.807, 2.05) is 20.8 Å². The Morgan fingerprint density at radius 1 is 0.457 bits per heavy atom. The molecule has 0 aliphatic carbocycles. The van der Waals surface area contributed by atoms with Gasteiger partial charge in [-0.2, -0.15) is 0 Å². The van der Waals surface area contributed by atoms with Crippen LogP contribution in [0.1, 0.15) is 151 Å². The highest BCUT2D eigenvalue weighted by Crippen LogP contribution is 2.14. The largest absolute Gasteiger partial charge is 0.481 e. The summed E-state index contributed by atoms with van der Waals surface area (Å²) in [5, 5.41) is 40.2. The Bertz CT molecular complexity index is 2120. The number of nitrogens with zero attached hydrogens (tertiary/aromatic N) is 2. The van der Waals surface area contributed by atoms with Crippen molar-refractivity contribution in [2.75, 3.05) is 19.6 Å². The van der Waals surface area contributed by atoms with Crippen LogP contribution in [0, 0.1) is 17.8 Å². The summed E-state index contributed by atoms with van der Waals surface area (Å²) in [5.74, 6) is -12.3. The van der Waals surface area contributed by atoms with Gasteiger partial charge < -0.3 is 92.9 Å². The van der Waals surface area contributed by atoms with Gasteiger partial charge in [0, 0.05) is 19.5 Å². The van der Waals surface area contributed by atoms with Gasteiger partial charge in [0.25, 0.3) is 0 Å². The Morgan fingerprint density at radius 3 is 1.31 bits per heavy atom. The molecule has 0 aromatic rings. The average Bonchev–Trinajstić information content (AvgIpc) is 3.38. The maximum atomic E-state index is 14.3. The van der Waals surface area contributed by atoms with Gasteiger partial charge in [0.1, 0.15) is 48.3 Å². The molecule has 0 saturated carbocycles. The summed E-state index contributed by atoms with van der Waals surface area (Å²) in [5.41, 5.74) is 38.6. The predicted molar refractivity (Wildman–Crippen MR) is 302 cm³/mol.